The summed E-state index contributed by atoms with van der Waals surface area (Å²) in [4.78, 5) is 12.0. The minimum atomic E-state index is -0.420. The lowest BCUT2D eigenvalue weighted by Gasteiger charge is -2.12. The molecule has 0 atom stereocenters. The van der Waals surface area contributed by atoms with Gasteiger partial charge in [-0.25, -0.2) is 4.39 Å². The van der Waals surface area contributed by atoms with Crippen molar-refractivity contribution in [3.05, 3.63) is 45.8 Å². The quantitative estimate of drug-likeness (QED) is 0.894. The van der Waals surface area contributed by atoms with E-state index in [4.69, 9.17) is 4.52 Å². The topological polar surface area (TPSA) is 55.1 Å². The largest absolute Gasteiger partial charge is 0.338 e. The summed E-state index contributed by atoms with van der Waals surface area (Å²) in [5, 5.41) is 6.49. The molecule has 106 valence electrons. The van der Waals surface area contributed by atoms with Crippen molar-refractivity contribution in [2.75, 3.05) is 5.32 Å². The average Bonchev–Trinajstić information content (AvgIpc) is 2.81. The van der Waals surface area contributed by atoms with Crippen LogP contribution in [0, 0.1) is 5.82 Å². The van der Waals surface area contributed by atoms with Gasteiger partial charge in [0, 0.05) is 17.0 Å². The van der Waals surface area contributed by atoms with Gasteiger partial charge in [-0.3, -0.25) is 10.1 Å². The second-order valence-electron chi connectivity index (χ2n) is 5.41. The van der Waals surface area contributed by atoms with Crippen LogP contribution in [0.1, 0.15) is 36.8 Å². The first kappa shape index (κ1) is 14.7. The van der Waals surface area contributed by atoms with E-state index in [1.165, 1.54) is 18.2 Å². The molecule has 2 aromatic rings. The molecule has 4 nitrogen and oxygen atoms in total. The molecule has 1 N–H and O–H groups in total. The maximum Gasteiger partial charge on any atom is 0.258 e. The van der Waals surface area contributed by atoms with E-state index in [-0.39, 0.29) is 21.7 Å². The number of amides is 1. The third kappa shape index (κ3) is 3.25. The zero-order chi connectivity index (χ0) is 14.9. The van der Waals surface area contributed by atoms with Crippen molar-refractivity contribution in [1.29, 1.82) is 0 Å². The molecule has 0 fully saturated rings. The van der Waals surface area contributed by atoms with E-state index in [1.807, 2.05) is 20.8 Å². The second kappa shape index (κ2) is 5.36. The highest BCUT2D eigenvalue weighted by atomic mass is 79.9. The summed E-state index contributed by atoms with van der Waals surface area (Å²) in [5.74, 6) is -0.543. The second-order valence-corrected chi connectivity index (χ2v) is 6.26. The number of benzene rings is 1. The fraction of sp³-hybridized carbons (Fsp3) is 0.286. The summed E-state index contributed by atoms with van der Waals surface area (Å²) in [6.45, 7) is 5.98. The van der Waals surface area contributed by atoms with Gasteiger partial charge in [-0.05, 0) is 34.1 Å². The Bertz CT molecular complexity index is 647. The van der Waals surface area contributed by atoms with Crippen molar-refractivity contribution in [2.45, 2.75) is 26.2 Å². The molecule has 1 aromatic heterocycles. The molecule has 0 saturated heterocycles. The number of nitrogens with one attached hydrogen (secondary N) is 1. The Hall–Kier alpha value is -1.69. The average molecular weight is 341 g/mol. The van der Waals surface area contributed by atoms with Crippen molar-refractivity contribution >= 4 is 27.7 Å². The Labute approximate surface area is 124 Å². The van der Waals surface area contributed by atoms with E-state index in [9.17, 15) is 9.18 Å². The molecule has 2 rings (SSSR count). The first-order valence-corrected chi connectivity index (χ1v) is 6.80. The zero-order valence-corrected chi connectivity index (χ0v) is 12.9. The molecular weight excluding hydrogens is 327 g/mol. The fourth-order valence-corrected chi connectivity index (χ4v) is 1.89. The number of halogens is 2. The molecule has 1 aromatic carbocycles. The van der Waals surface area contributed by atoms with Crippen LogP contribution in [-0.4, -0.2) is 11.1 Å². The normalized spacial score (nSPS) is 11.4. The smallest absolute Gasteiger partial charge is 0.258 e. The summed E-state index contributed by atoms with van der Waals surface area (Å²) in [6, 6.07) is 5.71. The zero-order valence-electron chi connectivity index (χ0n) is 11.3. The van der Waals surface area contributed by atoms with E-state index in [0.29, 0.717) is 5.56 Å². The van der Waals surface area contributed by atoms with Crippen LogP contribution in [0.2, 0.25) is 0 Å². The van der Waals surface area contributed by atoms with E-state index < -0.39 is 5.82 Å². The summed E-state index contributed by atoms with van der Waals surface area (Å²) >= 11 is 3.04. The minimum absolute atomic E-state index is 0.161. The van der Waals surface area contributed by atoms with Crippen molar-refractivity contribution in [1.82, 2.24) is 5.16 Å². The highest BCUT2D eigenvalue weighted by molar-refractivity contribution is 9.10. The van der Waals surface area contributed by atoms with Gasteiger partial charge in [0.1, 0.15) is 5.82 Å². The molecule has 0 unspecified atom stereocenters. The number of hydrogen-bond acceptors (Lipinski definition) is 3. The van der Waals surface area contributed by atoms with E-state index in [1.54, 1.807) is 6.07 Å². The van der Waals surface area contributed by atoms with Crippen LogP contribution in [0.25, 0.3) is 0 Å². The number of carbonyl (C=O) groups is 1. The molecule has 20 heavy (non-hydrogen) atoms. The Morgan fingerprint density at radius 2 is 2.05 bits per heavy atom. The van der Waals surface area contributed by atoms with Crippen molar-refractivity contribution < 1.29 is 13.7 Å². The van der Waals surface area contributed by atoms with Crippen LogP contribution in [0.15, 0.2) is 33.3 Å². The summed E-state index contributed by atoms with van der Waals surface area (Å²) < 4.78 is 18.4. The number of hydrogen-bond donors (Lipinski definition) is 1. The molecule has 0 aliphatic rings. The lowest BCUT2D eigenvalue weighted by atomic mass is 9.92. The van der Waals surface area contributed by atoms with E-state index in [2.05, 4.69) is 26.4 Å². The standard InChI is InChI=1S/C14H14BrFN2O2/c1-14(2,3)11-7-12(20-18-11)17-13(19)8-4-5-10(16)9(15)6-8/h4-7H,1-3H3,(H,17,19). The Morgan fingerprint density at radius 1 is 1.35 bits per heavy atom. The van der Waals surface area contributed by atoms with Gasteiger partial charge < -0.3 is 4.52 Å². The predicted octanol–water partition coefficient (Wildman–Crippen LogP) is 4.13. The molecule has 0 bridgehead atoms. The summed E-state index contributed by atoms with van der Waals surface area (Å²) in [6.07, 6.45) is 0. The SMILES string of the molecule is CC(C)(C)c1cc(NC(=O)c2ccc(F)c(Br)c2)on1. The number of nitrogens with zero attached hydrogens (tertiary/aromatic N) is 1. The molecule has 0 radical (unpaired) electrons. The summed E-state index contributed by atoms with van der Waals surface area (Å²) in [5.41, 5.74) is 0.908. The monoisotopic (exact) mass is 340 g/mol. The van der Waals surface area contributed by atoms with Gasteiger partial charge in [-0.1, -0.05) is 25.9 Å². The lowest BCUT2D eigenvalue weighted by molar-refractivity contribution is 0.102. The molecule has 0 saturated carbocycles. The Kier molecular flexibility index (Phi) is 3.94. The maximum atomic E-state index is 13.1. The third-order valence-corrected chi connectivity index (χ3v) is 3.30. The predicted molar refractivity (Wildman–Crippen MR) is 77.3 cm³/mol. The number of carbonyl (C=O) groups excluding carboxylic acids is 1. The highest BCUT2D eigenvalue weighted by Gasteiger charge is 2.20. The van der Waals surface area contributed by atoms with Crippen LogP contribution >= 0.6 is 15.9 Å². The van der Waals surface area contributed by atoms with E-state index >= 15 is 0 Å². The fourth-order valence-electron chi connectivity index (χ4n) is 1.51. The van der Waals surface area contributed by atoms with E-state index in [0.717, 1.165) is 5.69 Å². The van der Waals surface area contributed by atoms with Crippen molar-refractivity contribution in [2.24, 2.45) is 0 Å². The molecule has 1 heterocycles. The molecule has 1 amide bonds. The minimum Gasteiger partial charge on any atom is -0.338 e. The van der Waals surface area contributed by atoms with Crippen molar-refractivity contribution in [3.63, 3.8) is 0 Å². The number of aromatic nitrogens is 1. The van der Waals surface area contributed by atoms with Crippen LogP contribution in [0.5, 0.6) is 0 Å². The van der Waals surface area contributed by atoms with Crippen LogP contribution in [-0.2, 0) is 5.41 Å². The molecule has 0 aliphatic heterocycles. The van der Waals surface area contributed by atoms with Gasteiger partial charge in [0.25, 0.3) is 5.91 Å². The Balaban J connectivity index is 2.15. The highest BCUT2D eigenvalue weighted by Crippen LogP contribution is 2.24. The molecule has 6 heteroatoms. The van der Waals surface area contributed by atoms with Gasteiger partial charge in [-0.2, -0.15) is 0 Å². The number of rotatable bonds is 2. The molecule has 0 spiro atoms. The molecule has 0 aliphatic carbocycles. The van der Waals surface area contributed by atoms with Gasteiger partial charge >= 0.3 is 0 Å². The Morgan fingerprint density at radius 3 is 2.60 bits per heavy atom. The van der Waals surface area contributed by atoms with Crippen LogP contribution < -0.4 is 5.32 Å². The van der Waals surface area contributed by atoms with Gasteiger partial charge in [-0.15, -0.1) is 0 Å². The van der Waals surface area contributed by atoms with Gasteiger partial charge in [0.05, 0.1) is 10.2 Å². The lowest BCUT2D eigenvalue weighted by Crippen LogP contribution is -2.12. The van der Waals surface area contributed by atoms with Gasteiger partial charge in [0.2, 0.25) is 5.88 Å². The van der Waals surface area contributed by atoms with Crippen molar-refractivity contribution in [3.8, 4) is 0 Å². The first-order valence-electron chi connectivity index (χ1n) is 6.01. The van der Waals surface area contributed by atoms with Crippen LogP contribution in [0.4, 0.5) is 10.3 Å². The molecular formula is C14H14BrFN2O2. The van der Waals surface area contributed by atoms with Crippen LogP contribution in [0.3, 0.4) is 0 Å². The van der Waals surface area contributed by atoms with Gasteiger partial charge in [0.15, 0.2) is 0 Å². The maximum absolute atomic E-state index is 13.1. The first-order chi connectivity index (χ1) is 9.27. The summed E-state index contributed by atoms with van der Waals surface area (Å²) in [7, 11) is 0. The third-order valence-electron chi connectivity index (χ3n) is 2.70. The number of anilines is 1.